The van der Waals surface area contributed by atoms with Gasteiger partial charge in [-0.2, -0.15) is 0 Å². The molecule has 0 radical (unpaired) electrons. The minimum Gasteiger partial charge on any atom is -0.495 e. The Kier molecular flexibility index (Phi) is 6.22. The molecule has 1 aromatic heterocycles. The first-order valence-corrected chi connectivity index (χ1v) is 8.95. The molecule has 0 aliphatic heterocycles. The third kappa shape index (κ3) is 5.07. The summed E-state index contributed by atoms with van der Waals surface area (Å²) in [5.74, 6) is 0.212. The predicted molar refractivity (Wildman–Crippen MR) is 108 cm³/mol. The first kappa shape index (κ1) is 19.4. The molecule has 0 spiro atoms. The van der Waals surface area contributed by atoms with Gasteiger partial charge in [0.1, 0.15) is 17.3 Å². The fourth-order valence-electron chi connectivity index (χ4n) is 2.74. The number of carbonyl (C=O) groups is 1. The Balaban J connectivity index is 1.57. The summed E-state index contributed by atoms with van der Waals surface area (Å²) in [6, 6.07) is 15.5. The Bertz CT molecular complexity index is 941. The normalized spacial score (nSPS) is 10.4. The maximum absolute atomic E-state index is 12.9. The zero-order chi connectivity index (χ0) is 19.9. The summed E-state index contributed by atoms with van der Waals surface area (Å²) in [6.07, 6.45) is 2.23. The predicted octanol–water partition coefficient (Wildman–Crippen LogP) is 4.25. The summed E-state index contributed by atoms with van der Waals surface area (Å²) in [5.41, 5.74) is 3.99. The van der Waals surface area contributed by atoms with Gasteiger partial charge in [-0.05, 0) is 60.9 Å². The van der Waals surface area contributed by atoms with Gasteiger partial charge in [-0.25, -0.2) is 9.37 Å². The van der Waals surface area contributed by atoms with Crippen molar-refractivity contribution in [1.82, 2.24) is 10.3 Å². The molecule has 28 heavy (non-hydrogen) atoms. The van der Waals surface area contributed by atoms with E-state index < -0.39 is 0 Å². The highest BCUT2D eigenvalue weighted by molar-refractivity contribution is 5.92. The van der Waals surface area contributed by atoms with Crippen LogP contribution in [0.15, 0.2) is 60.8 Å². The molecule has 1 amide bonds. The number of hydrogen-bond donors (Lipinski definition) is 2. The average Bonchev–Trinajstić information content (AvgIpc) is 2.70. The van der Waals surface area contributed by atoms with Gasteiger partial charge in [-0.15, -0.1) is 0 Å². The van der Waals surface area contributed by atoms with E-state index in [4.69, 9.17) is 4.74 Å². The number of rotatable bonds is 7. The van der Waals surface area contributed by atoms with Crippen LogP contribution in [0.5, 0.6) is 5.75 Å². The van der Waals surface area contributed by atoms with E-state index in [2.05, 4.69) is 15.6 Å². The summed E-state index contributed by atoms with van der Waals surface area (Å²) < 4.78 is 18.3. The molecule has 144 valence electrons. The molecule has 0 aliphatic carbocycles. The van der Waals surface area contributed by atoms with E-state index >= 15 is 0 Å². The third-order valence-corrected chi connectivity index (χ3v) is 4.24. The molecule has 2 aromatic carbocycles. The SMILES string of the molecule is COc1ccc(C)cc1Nc1ccc(C(=O)NCCc2ccc(F)cc2)nc1. The zero-order valence-electron chi connectivity index (χ0n) is 15.8. The highest BCUT2D eigenvalue weighted by atomic mass is 19.1. The van der Waals surface area contributed by atoms with Crippen LogP contribution in [0.4, 0.5) is 15.8 Å². The maximum Gasteiger partial charge on any atom is 0.269 e. The molecule has 3 rings (SSSR count). The summed E-state index contributed by atoms with van der Waals surface area (Å²) in [4.78, 5) is 16.5. The lowest BCUT2D eigenvalue weighted by Gasteiger charge is -2.12. The standard InChI is InChI=1S/C22H22FN3O2/c1-15-3-10-21(28-2)20(13-15)26-18-8-9-19(25-14-18)22(27)24-12-11-16-4-6-17(23)7-5-16/h3-10,13-14,26H,11-12H2,1-2H3,(H,24,27). The van der Waals surface area contributed by atoms with Crippen molar-refractivity contribution < 1.29 is 13.9 Å². The van der Waals surface area contributed by atoms with Crippen molar-refractivity contribution in [2.75, 3.05) is 19.0 Å². The van der Waals surface area contributed by atoms with E-state index in [-0.39, 0.29) is 11.7 Å². The van der Waals surface area contributed by atoms with Gasteiger partial charge in [-0.3, -0.25) is 4.79 Å². The molecule has 0 saturated carbocycles. The van der Waals surface area contributed by atoms with E-state index in [1.165, 1.54) is 12.1 Å². The van der Waals surface area contributed by atoms with E-state index in [9.17, 15) is 9.18 Å². The summed E-state index contributed by atoms with van der Waals surface area (Å²) in [5, 5.41) is 6.07. The van der Waals surface area contributed by atoms with Gasteiger partial charge in [0.25, 0.3) is 5.91 Å². The Hall–Kier alpha value is -3.41. The smallest absolute Gasteiger partial charge is 0.269 e. The zero-order valence-corrected chi connectivity index (χ0v) is 15.8. The first-order valence-electron chi connectivity index (χ1n) is 8.95. The second-order valence-electron chi connectivity index (χ2n) is 6.39. The average molecular weight is 379 g/mol. The number of aryl methyl sites for hydroxylation is 1. The summed E-state index contributed by atoms with van der Waals surface area (Å²) in [7, 11) is 1.62. The van der Waals surface area contributed by atoms with E-state index in [0.717, 1.165) is 28.3 Å². The quantitative estimate of drug-likeness (QED) is 0.644. The minimum atomic E-state index is -0.269. The number of aromatic nitrogens is 1. The van der Waals surface area contributed by atoms with Crippen molar-refractivity contribution in [1.29, 1.82) is 0 Å². The van der Waals surface area contributed by atoms with Crippen LogP contribution in [0.2, 0.25) is 0 Å². The Morgan fingerprint density at radius 1 is 1.11 bits per heavy atom. The molecule has 5 nitrogen and oxygen atoms in total. The van der Waals surface area contributed by atoms with Crippen LogP contribution in [0.1, 0.15) is 21.6 Å². The third-order valence-electron chi connectivity index (χ3n) is 4.24. The van der Waals surface area contributed by atoms with E-state index in [0.29, 0.717) is 18.7 Å². The maximum atomic E-state index is 12.9. The lowest BCUT2D eigenvalue weighted by atomic mass is 10.1. The fourth-order valence-corrected chi connectivity index (χ4v) is 2.74. The number of nitrogens with one attached hydrogen (secondary N) is 2. The van der Waals surface area contributed by atoms with Gasteiger partial charge in [0.2, 0.25) is 0 Å². The highest BCUT2D eigenvalue weighted by Gasteiger charge is 2.08. The molecule has 0 bridgehead atoms. The molecule has 0 unspecified atom stereocenters. The Morgan fingerprint density at radius 3 is 2.57 bits per heavy atom. The molecule has 1 heterocycles. The lowest BCUT2D eigenvalue weighted by Crippen LogP contribution is -2.26. The lowest BCUT2D eigenvalue weighted by molar-refractivity contribution is 0.0949. The van der Waals surface area contributed by atoms with Gasteiger partial charge >= 0.3 is 0 Å². The molecule has 0 atom stereocenters. The highest BCUT2D eigenvalue weighted by Crippen LogP contribution is 2.28. The number of nitrogens with zero attached hydrogens (tertiary/aromatic N) is 1. The van der Waals surface area contributed by atoms with Gasteiger partial charge < -0.3 is 15.4 Å². The number of amides is 1. The van der Waals surface area contributed by atoms with Gasteiger partial charge in [-0.1, -0.05) is 18.2 Å². The van der Waals surface area contributed by atoms with Crippen molar-refractivity contribution >= 4 is 17.3 Å². The van der Waals surface area contributed by atoms with Crippen molar-refractivity contribution in [2.45, 2.75) is 13.3 Å². The Labute approximate surface area is 163 Å². The molecule has 3 aromatic rings. The summed E-state index contributed by atoms with van der Waals surface area (Å²) in [6.45, 7) is 2.45. The number of anilines is 2. The van der Waals surface area contributed by atoms with E-state index in [1.807, 2.05) is 25.1 Å². The van der Waals surface area contributed by atoms with Gasteiger partial charge in [0, 0.05) is 6.54 Å². The van der Waals surface area contributed by atoms with Crippen molar-refractivity contribution in [3.8, 4) is 5.75 Å². The van der Waals surface area contributed by atoms with Gasteiger partial charge in [0.15, 0.2) is 0 Å². The van der Waals surface area contributed by atoms with Crippen LogP contribution < -0.4 is 15.4 Å². The number of carbonyl (C=O) groups excluding carboxylic acids is 1. The van der Waals surface area contributed by atoms with Crippen LogP contribution in [0.25, 0.3) is 0 Å². The van der Waals surface area contributed by atoms with Crippen LogP contribution in [-0.4, -0.2) is 24.5 Å². The van der Waals surface area contributed by atoms with Crippen LogP contribution in [0.3, 0.4) is 0 Å². The molecule has 6 heteroatoms. The number of benzene rings is 2. The van der Waals surface area contributed by atoms with E-state index in [1.54, 1.807) is 37.6 Å². The van der Waals surface area contributed by atoms with Crippen molar-refractivity contribution in [3.05, 3.63) is 83.4 Å². The second-order valence-corrected chi connectivity index (χ2v) is 6.39. The topological polar surface area (TPSA) is 63.2 Å². The molecule has 0 saturated heterocycles. The second kappa shape index (κ2) is 8.99. The number of hydrogen-bond acceptors (Lipinski definition) is 4. The molecule has 0 fully saturated rings. The number of halogens is 1. The van der Waals surface area contributed by atoms with Gasteiger partial charge in [0.05, 0.1) is 24.7 Å². The van der Waals surface area contributed by atoms with Crippen LogP contribution in [-0.2, 0) is 6.42 Å². The number of pyridine rings is 1. The minimum absolute atomic E-state index is 0.248. The van der Waals surface area contributed by atoms with Crippen LogP contribution >= 0.6 is 0 Å². The number of methoxy groups -OCH3 is 1. The monoisotopic (exact) mass is 379 g/mol. The Morgan fingerprint density at radius 2 is 1.89 bits per heavy atom. The van der Waals surface area contributed by atoms with Crippen molar-refractivity contribution in [2.24, 2.45) is 0 Å². The van der Waals surface area contributed by atoms with Crippen molar-refractivity contribution in [3.63, 3.8) is 0 Å². The number of ether oxygens (including phenoxy) is 1. The largest absolute Gasteiger partial charge is 0.495 e. The molecule has 2 N–H and O–H groups in total. The molecule has 0 aliphatic rings. The first-order chi connectivity index (χ1) is 13.5. The molecular formula is C22H22FN3O2. The fraction of sp³-hybridized carbons (Fsp3) is 0.182. The molecular weight excluding hydrogens is 357 g/mol. The summed E-state index contributed by atoms with van der Waals surface area (Å²) >= 11 is 0. The van der Waals surface area contributed by atoms with Crippen LogP contribution in [0, 0.1) is 12.7 Å².